The molecule has 0 saturated carbocycles. The second kappa shape index (κ2) is 9.19. The van der Waals surface area contributed by atoms with Crippen molar-refractivity contribution in [2.75, 3.05) is 6.54 Å². The van der Waals surface area contributed by atoms with Crippen molar-refractivity contribution in [2.24, 2.45) is 11.8 Å². The Hall–Kier alpha value is -2.04. The highest BCUT2D eigenvalue weighted by atomic mass is 35.5. The van der Waals surface area contributed by atoms with E-state index < -0.39 is 11.9 Å². The van der Waals surface area contributed by atoms with Crippen LogP contribution in [0.3, 0.4) is 0 Å². The predicted octanol–water partition coefficient (Wildman–Crippen LogP) is 5.80. The summed E-state index contributed by atoms with van der Waals surface area (Å²) < 4.78 is 0. The van der Waals surface area contributed by atoms with Crippen LogP contribution in [-0.4, -0.2) is 28.4 Å². The summed E-state index contributed by atoms with van der Waals surface area (Å²) >= 11 is 12.3. The van der Waals surface area contributed by atoms with Crippen molar-refractivity contribution >= 4 is 35.1 Å². The van der Waals surface area contributed by atoms with Crippen molar-refractivity contribution in [2.45, 2.75) is 38.6 Å². The standard InChI is InChI=1S/C23H25Cl2NO3/c1-14(2)13-26-22(15-6-8-18(24)9-7-15)20(16-4-3-5-19(25)10-16)11-17(23(26)29)12-21(27)28/h3-10,14,17,20,22H,11-13H2,1-2H3,(H,27,28)/t17-,20?,22?/m0/s1. The minimum Gasteiger partial charge on any atom is -0.481 e. The van der Waals surface area contributed by atoms with E-state index in [4.69, 9.17) is 23.2 Å². The summed E-state index contributed by atoms with van der Waals surface area (Å²) in [5.41, 5.74) is 2.00. The number of rotatable bonds is 6. The van der Waals surface area contributed by atoms with Gasteiger partial charge in [0.1, 0.15) is 0 Å². The molecule has 1 N–H and O–H groups in total. The number of carboxylic acid groups (broad SMARTS) is 1. The van der Waals surface area contributed by atoms with Crippen LogP contribution < -0.4 is 0 Å². The second-order valence-corrected chi connectivity index (χ2v) is 8.95. The Labute approximate surface area is 181 Å². The number of benzene rings is 2. The third kappa shape index (κ3) is 5.12. The lowest BCUT2D eigenvalue weighted by molar-refractivity contribution is -0.150. The van der Waals surface area contributed by atoms with E-state index in [0.29, 0.717) is 23.0 Å². The molecule has 1 aliphatic heterocycles. The van der Waals surface area contributed by atoms with E-state index in [1.165, 1.54) is 0 Å². The predicted molar refractivity (Wildman–Crippen MR) is 115 cm³/mol. The van der Waals surface area contributed by atoms with Crippen molar-refractivity contribution in [3.63, 3.8) is 0 Å². The second-order valence-electron chi connectivity index (χ2n) is 8.07. The third-order valence-electron chi connectivity index (χ3n) is 5.36. The highest BCUT2D eigenvalue weighted by Gasteiger charge is 2.43. The molecular formula is C23H25Cl2NO3. The zero-order valence-electron chi connectivity index (χ0n) is 16.5. The van der Waals surface area contributed by atoms with Gasteiger partial charge < -0.3 is 10.0 Å². The van der Waals surface area contributed by atoms with Crippen LogP contribution in [0.25, 0.3) is 0 Å². The van der Waals surface area contributed by atoms with Crippen LogP contribution in [0.15, 0.2) is 48.5 Å². The lowest BCUT2D eigenvalue weighted by Gasteiger charge is -2.45. The molecule has 4 nitrogen and oxygen atoms in total. The van der Waals surface area contributed by atoms with Gasteiger partial charge in [0, 0.05) is 28.4 Å². The van der Waals surface area contributed by atoms with Crippen LogP contribution in [0.4, 0.5) is 0 Å². The highest BCUT2D eigenvalue weighted by Crippen LogP contribution is 2.46. The van der Waals surface area contributed by atoms with Crippen LogP contribution in [0.1, 0.15) is 49.8 Å². The first-order chi connectivity index (χ1) is 13.8. The number of hydrogen-bond acceptors (Lipinski definition) is 2. The van der Waals surface area contributed by atoms with E-state index in [-0.39, 0.29) is 30.2 Å². The maximum Gasteiger partial charge on any atom is 0.304 e. The SMILES string of the molecule is CC(C)CN1C(=O)[C@H](CC(=O)O)CC(c2cccc(Cl)c2)C1c1ccc(Cl)cc1. The fourth-order valence-corrected chi connectivity index (χ4v) is 4.56. The van der Waals surface area contributed by atoms with Gasteiger partial charge in [-0.3, -0.25) is 9.59 Å². The average molecular weight is 434 g/mol. The molecule has 0 radical (unpaired) electrons. The van der Waals surface area contributed by atoms with Crippen molar-refractivity contribution in [1.82, 2.24) is 4.90 Å². The van der Waals surface area contributed by atoms with E-state index in [0.717, 1.165) is 11.1 Å². The van der Waals surface area contributed by atoms with Crippen LogP contribution in [-0.2, 0) is 9.59 Å². The highest BCUT2D eigenvalue weighted by molar-refractivity contribution is 6.30. The fraction of sp³-hybridized carbons (Fsp3) is 0.391. The molecule has 1 fully saturated rings. The number of amides is 1. The van der Waals surface area contributed by atoms with E-state index >= 15 is 0 Å². The van der Waals surface area contributed by atoms with Gasteiger partial charge in [-0.15, -0.1) is 0 Å². The minimum atomic E-state index is -0.956. The maximum atomic E-state index is 13.3. The summed E-state index contributed by atoms with van der Waals surface area (Å²) in [7, 11) is 0. The quantitative estimate of drug-likeness (QED) is 0.626. The Balaban J connectivity index is 2.11. The molecule has 3 rings (SSSR count). The number of nitrogens with zero attached hydrogens (tertiary/aromatic N) is 1. The molecule has 1 aliphatic rings. The number of likely N-dealkylation sites (tertiary alicyclic amines) is 1. The topological polar surface area (TPSA) is 57.6 Å². The van der Waals surface area contributed by atoms with Gasteiger partial charge in [-0.2, -0.15) is 0 Å². The minimum absolute atomic E-state index is 0.0596. The molecule has 0 aliphatic carbocycles. The van der Waals surface area contributed by atoms with Gasteiger partial charge in [-0.05, 0) is 47.7 Å². The van der Waals surface area contributed by atoms with Crippen LogP contribution in [0, 0.1) is 11.8 Å². The van der Waals surface area contributed by atoms with Crippen LogP contribution >= 0.6 is 23.2 Å². The van der Waals surface area contributed by atoms with Crippen LogP contribution in [0.5, 0.6) is 0 Å². The molecule has 0 bridgehead atoms. The number of piperidine rings is 1. The zero-order chi connectivity index (χ0) is 21.1. The Morgan fingerprint density at radius 1 is 1.10 bits per heavy atom. The summed E-state index contributed by atoms with van der Waals surface area (Å²) in [5.74, 6) is -1.42. The van der Waals surface area contributed by atoms with E-state index in [9.17, 15) is 14.7 Å². The molecule has 1 heterocycles. The summed E-state index contributed by atoms with van der Waals surface area (Å²) in [6.07, 6.45) is 0.297. The number of carbonyl (C=O) groups excluding carboxylic acids is 1. The molecule has 1 saturated heterocycles. The van der Waals surface area contributed by atoms with Crippen molar-refractivity contribution in [3.05, 3.63) is 69.7 Å². The van der Waals surface area contributed by atoms with Gasteiger partial charge in [0.2, 0.25) is 5.91 Å². The van der Waals surface area contributed by atoms with Gasteiger partial charge in [0.25, 0.3) is 0 Å². The Bertz CT molecular complexity index is 882. The van der Waals surface area contributed by atoms with Crippen molar-refractivity contribution in [3.8, 4) is 0 Å². The number of aliphatic carboxylic acids is 1. The van der Waals surface area contributed by atoms with Gasteiger partial charge in [0.05, 0.1) is 12.5 Å². The number of carbonyl (C=O) groups is 2. The molecule has 3 atom stereocenters. The Morgan fingerprint density at radius 2 is 1.79 bits per heavy atom. The summed E-state index contributed by atoms with van der Waals surface area (Å²) in [4.78, 5) is 26.6. The largest absolute Gasteiger partial charge is 0.481 e. The smallest absolute Gasteiger partial charge is 0.304 e. The zero-order valence-corrected chi connectivity index (χ0v) is 18.0. The molecule has 29 heavy (non-hydrogen) atoms. The van der Waals surface area contributed by atoms with E-state index in [1.54, 1.807) is 0 Å². The third-order valence-corrected chi connectivity index (χ3v) is 5.85. The van der Waals surface area contributed by atoms with Crippen LogP contribution in [0.2, 0.25) is 10.0 Å². The summed E-state index contributed by atoms with van der Waals surface area (Å²) in [6.45, 7) is 4.67. The summed E-state index contributed by atoms with van der Waals surface area (Å²) in [5, 5.41) is 10.6. The number of halogens is 2. The molecule has 154 valence electrons. The average Bonchev–Trinajstić information content (AvgIpc) is 2.65. The molecule has 2 aromatic rings. The van der Waals surface area contributed by atoms with E-state index in [2.05, 4.69) is 13.8 Å². The summed E-state index contributed by atoms with van der Waals surface area (Å²) in [6, 6.07) is 15.0. The Kier molecular flexibility index (Phi) is 6.86. The molecule has 6 heteroatoms. The maximum absolute atomic E-state index is 13.3. The lowest BCUT2D eigenvalue weighted by atomic mass is 9.74. The molecule has 2 unspecified atom stereocenters. The van der Waals surface area contributed by atoms with Crippen molar-refractivity contribution in [1.29, 1.82) is 0 Å². The van der Waals surface area contributed by atoms with Gasteiger partial charge in [-0.1, -0.05) is 61.3 Å². The Morgan fingerprint density at radius 3 is 2.38 bits per heavy atom. The molecule has 0 aromatic heterocycles. The first kappa shape index (κ1) is 21.7. The molecule has 1 amide bonds. The van der Waals surface area contributed by atoms with Gasteiger partial charge in [-0.25, -0.2) is 0 Å². The molecular weight excluding hydrogens is 409 g/mol. The normalized spacial score (nSPS) is 22.2. The molecule has 2 aromatic carbocycles. The van der Waals surface area contributed by atoms with Gasteiger partial charge in [0.15, 0.2) is 0 Å². The van der Waals surface area contributed by atoms with E-state index in [1.807, 2.05) is 53.4 Å². The van der Waals surface area contributed by atoms with Gasteiger partial charge >= 0.3 is 5.97 Å². The fourth-order valence-electron chi connectivity index (χ4n) is 4.23. The first-order valence-electron chi connectivity index (χ1n) is 9.79. The number of carboxylic acids is 1. The number of hydrogen-bond donors (Lipinski definition) is 1. The molecule has 0 spiro atoms. The first-order valence-corrected chi connectivity index (χ1v) is 10.5. The van der Waals surface area contributed by atoms with Crippen molar-refractivity contribution < 1.29 is 14.7 Å². The lowest BCUT2D eigenvalue weighted by Crippen LogP contribution is -2.48. The monoisotopic (exact) mass is 433 g/mol.